The number of hydrogen-bond donors (Lipinski definition) is 0. The summed E-state index contributed by atoms with van der Waals surface area (Å²) in [5.41, 5.74) is 1.86. The van der Waals surface area contributed by atoms with Crippen molar-refractivity contribution in [1.29, 1.82) is 0 Å². The molecule has 0 heterocycles. The Labute approximate surface area is 204 Å². The van der Waals surface area contributed by atoms with Crippen molar-refractivity contribution in [1.82, 2.24) is 0 Å². The number of hydrogen-bond acceptors (Lipinski definition) is 4. The van der Waals surface area contributed by atoms with E-state index in [0.29, 0.717) is 5.75 Å². The second-order valence-corrected chi connectivity index (χ2v) is 7.85. The Hall–Kier alpha value is -3.85. The normalized spacial score (nSPS) is 10.4. The first-order valence-electron chi connectivity index (χ1n) is 11.7. The van der Waals surface area contributed by atoms with Gasteiger partial charge >= 0.3 is 12.6 Å². The first-order valence-corrected chi connectivity index (χ1v) is 11.7. The van der Waals surface area contributed by atoms with Crippen LogP contribution < -0.4 is 14.2 Å². The molecule has 0 saturated carbocycles. The molecule has 0 atom stereocenters. The zero-order chi connectivity index (χ0) is 24.9. The smallest absolute Gasteiger partial charge is 0.387 e. The van der Waals surface area contributed by atoms with Gasteiger partial charge in [0.25, 0.3) is 0 Å². The Morgan fingerprint density at radius 3 is 1.86 bits per heavy atom. The van der Waals surface area contributed by atoms with Crippen molar-refractivity contribution in [3.05, 3.63) is 89.5 Å². The predicted octanol–water partition coefficient (Wildman–Crippen LogP) is 7.26. The summed E-state index contributed by atoms with van der Waals surface area (Å²) < 4.78 is 39.8. The van der Waals surface area contributed by atoms with Gasteiger partial charge in [0.2, 0.25) is 0 Å². The van der Waals surface area contributed by atoms with Crippen LogP contribution in [-0.4, -0.2) is 19.2 Å². The van der Waals surface area contributed by atoms with Crippen molar-refractivity contribution in [2.24, 2.45) is 0 Å². The van der Waals surface area contributed by atoms with Crippen LogP contribution >= 0.6 is 0 Å². The van der Waals surface area contributed by atoms with Crippen molar-refractivity contribution in [3.63, 3.8) is 0 Å². The highest BCUT2D eigenvalue weighted by molar-refractivity contribution is 5.91. The van der Waals surface area contributed by atoms with Crippen molar-refractivity contribution >= 4 is 5.97 Å². The molecule has 0 radical (unpaired) electrons. The highest BCUT2D eigenvalue weighted by Gasteiger charge is 2.10. The lowest BCUT2D eigenvalue weighted by molar-refractivity contribution is -0.0498. The van der Waals surface area contributed by atoms with Gasteiger partial charge in [0.1, 0.15) is 17.2 Å². The van der Waals surface area contributed by atoms with Gasteiger partial charge < -0.3 is 14.2 Å². The summed E-state index contributed by atoms with van der Waals surface area (Å²) in [5, 5.41) is 0. The largest absolute Gasteiger partial charge is 0.494 e. The first-order chi connectivity index (χ1) is 17.0. The maximum absolute atomic E-state index is 12.2. The predicted molar refractivity (Wildman–Crippen MR) is 131 cm³/mol. The minimum Gasteiger partial charge on any atom is -0.494 e. The van der Waals surface area contributed by atoms with Crippen LogP contribution in [0, 0.1) is 11.8 Å². The topological polar surface area (TPSA) is 44.8 Å². The monoisotopic (exact) mass is 478 g/mol. The van der Waals surface area contributed by atoms with Gasteiger partial charge in [-0.1, -0.05) is 44.4 Å². The third kappa shape index (κ3) is 9.13. The summed E-state index contributed by atoms with van der Waals surface area (Å²) in [6, 6.07) is 19.8. The van der Waals surface area contributed by atoms with Crippen molar-refractivity contribution in [2.75, 3.05) is 6.61 Å². The number of halogens is 2. The molecule has 4 nitrogen and oxygen atoms in total. The molecular formula is C29H28F2O4. The Kier molecular flexibility index (Phi) is 10.1. The second-order valence-electron chi connectivity index (χ2n) is 7.85. The van der Waals surface area contributed by atoms with Crippen LogP contribution in [0.2, 0.25) is 0 Å². The molecule has 3 rings (SSSR count). The molecule has 0 amide bonds. The highest BCUT2D eigenvalue weighted by atomic mass is 19.3. The Morgan fingerprint density at radius 2 is 1.29 bits per heavy atom. The Morgan fingerprint density at radius 1 is 0.743 bits per heavy atom. The number of benzene rings is 3. The number of carbonyl (C=O) groups is 1. The molecule has 0 aromatic heterocycles. The van der Waals surface area contributed by atoms with Crippen LogP contribution in [-0.2, 0) is 0 Å². The van der Waals surface area contributed by atoms with E-state index in [1.165, 1.54) is 49.9 Å². The summed E-state index contributed by atoms with van der Waals surface area (Å²) >= 11 is 0. The number of ether oxygens (including phenoxy) is 3. The van der Waals surface area contributed by atoms with Gasteiger partial charge in [0.15, 0.2) is 0 Å². The van der Waals surface area contributed by atoms with Crippen LogP contribution in [0.25, 0.3) is 0 Å². The zero-order valence-electron chi connectivity index (χ0n) is 19.6. The summed E-state index contributed by atoms with van der Waals surface area (Å²) in [4.78, 5) is 12.2. The standard InChI is InChI=1S/C29H28F2O4/c1-2-3-4-5-6-21-33-25-15-9-22(10-16-25)7-8-23-11-17-26(18-12-23)34-28(32)24-13-19-27(20-14-24)35-29(30)31/h9-20,29H,2-6,21H2,1H3. The van der Waals surface area contributed by atoms with E-state index in [2.05, 4.69) is 23.5 Å². The molecule has 0 aliphatic rings. The number of unbranched alkanes of at least 4 members (excludes halogenated alkanes) is 4. The van der Waals surface area contributed by atoms with E-state index in [-0.39, 0.29) is 11.3 Å². The highest BCUT2D eigenvalue weighted by Crippen LogP contribution is 2.18. The Balaban J connectivity index is 1.48. The molecule has 3 aromatic carbocycles. The third-order valence-electron chi connectivity index (χ3n) is 5.10. The lowest BCUT2D eigenvalue weighted by Gasteiger charge is -2.06. The van der Waals surface area contributed by atoms with Gasteiger partial charge in [-0.2, -0.15) is 8.78 Å². The lowest BCUT2D eigenvalue weighted by Crippen LogP contribution is -2.08. The third-order valence-corrected chi connectivity index (χ3v) is 5.10. The van der Waals surface area contributed by atoms with E-state index in [0.717, 1.165) is 29.9 Å². The number of esters is 1. The minimum atomic E-state index is -2.92. The maximum atomic E-state index is 12.2. The quantitative estimate of drug-likeness (QED) is 0.126. The van der Waals surface area contributed by atoms with Crippen LogP contribution in [0.3, 0.4) is 0 Å². The fourth-order valence-corrected chi connectivity index (χ4v) is 3.22. The molecule has 0 saturated heterocycles. The van der Waals surface area contributed by atoms with E-state index in [9.17, 15) is 13.6 Å². The van der Waals surface area contributed by atoms with Gasteiger partial charge in [-0.05, 0) is 79.2 Å². The van der Waals surface area contributed by atoms with Crippen LogP contribution in [0.1, 0.15) is 60.5 Å². The second kappa shape index (κ2) is 13.8. The van der Waals surface area contributed by atoms with E-state index in [4.69, 9.17) is 9.47 Å². The lowest BCUT2D eigenvalue weighted by atomic mass is 10.1. The van der Waals surface area contributed by atoms with E-state index in [1.54, 1.807) is 24.3 Å². The molecule has 0 bridgehead atoms. The van der Waals surface area contributed by atoms with Crippen LogP contribution in [0.5, 0.6) is 17.2 Å². The summed E-state index contributed by atoms with van der Waals surface area (Å²) in [7, 11) is 0. The average molecular weight is 479 g/mol. The Bertz CT molecular complexity index is 1110. The van der Waals surface area contributed by atoms with Gasteiger partial charge in [-0.25, -0.2) is 4.79 Å². The minimum absolute atomic E-state index is 0.0283. The van der Waals surface area contributed by atoms with Gasteiger partial charge in [0, 0.05) is 11.1 Å². The molecule has 35 heavy (non-hydrogen) atoms. The van der Waals surface area contributed by atoms with E-state index >= 15 is 0 Å². The van der Waals surface area contributed by atoms with Crippen LogP contribution in [0.15, 0.2) is 72.8 Å². The molecule has 0 unspecified atom stereocenters. The number of carbonyl (C=O) groups excluding carboxylic acids is 1. The SMILES string of the molecule is CCCCCCCOc1ccc(C#Cc2ccc(OC(=O)c3ccc(OC(F)F)cc3)cc2)cc1. The molecular weight excluding hydrogens is 450 g/mol. The molecule has 0 aliphatic heterocycles. The van der Waals surface area contributed by atoms with Crippen LogP contribution in [0.4, 0.5) is 8.78 Å². The number of alkyl halides is 2. The van der Waals surface area contributed by atoms with E-state index < -0.39 is 12.6 Å². The van der Waals surface area contributed by atoms with E-state index in [1.807, 2.05) is 24.3 Å². The van der Waals surface area contributed by atoms with Crippen molar-refractivity contribution < 1.29 is 27.8 Å². The fourth-order valence-electron chi connectivity index (χ4n) is 3.22. The van der Waals surface area contributed by atoms with Crippen molar-refractivity contribution in [3.8, 4) is 29.1 Å². The zero-order valence-corrected chi connectivity index (χ0v) is 19.6. The molecule has 0 aliphatic carbocycles. The molecule has 3 aromatic rings. The van der Waals surface area contributed by atoms with Gasteiger partial charge in [0.05, 0.1) is 12.2 Å². The van der Waals surface area contributed by atoms with Gasteiger partial charge in [-0.15, -0.1) is 0 Å². The van der Waals surface area contributed by atoms with Gasteiger partial charge in [-0.3, -0.25) is 0 Å². The van der Waals surface area contributed by atoms with Crippen molar-refractivity contribution in [2.45, 2.75) is 45.6 Å². The molecule has 0 fully saturated rings. The average Bonchev–Trinajstić information content (AvgIpc) is 2.86. The summed E-state index contributed by atoms with van der Waals surface area (Å²) in [6.45, 7) is 0.0122. The molecule has 182 valence electrons. The first kappa shape index (κ1) is 25.8. The molecule has 0 spiro atoms. The molecule has 6 heteroatoms. The summed E-state index contributed by atoms with van der Waals surface area (Å²) in [5.74, 6) is 6.75. The number of rotatable bonds is 11. The summed E-state index contributed by atoms with van der Waals surface area (Å²) in [6.07, 6.45) is 6.03. The fraction of sp³-hybridized carbons (Fsp3) is 0.276. The molecule has 0 N–H and O–H groups in total. The maximum Gasteiger partial charge on any atom is 0.387 e.